The molecule has 1 N–H and O–H groups in total. The first kappa shape index (κ1) is 12.4. The summed E-state index contributed by atoms with van der Waals surface area (Å²) in [6, 6.07) is 0. The molecule has 0 aromatic rings. The van der Waals surface area contributed by atoms with Gasteiger partial charge in [-0.3, -0.25) is 0 Å². The topological polar surface area (TPSA) is 20.2 Å². The maximum Gasteiger partial charge on any atom is 0.0571 e. The van der Waals surface area contributed by atoms with Gasteiger partial charge in [0.2, 0.25) is 0 Å². The molecule has 1 nitrogen and oxygen atoms in total. The van der Waals surface area contributed by atoms with Crippen LogP contribution in [0.2, 0.25) is 0 Å². The Morgan fingerprint density at radius 2 is 1.12 bits per heavy atom. The quantitative estimate of drug-likeness (QED) is 0.651. The second kappa shape index (κ2) is 6.64. The average molecular weight is 224 g/mol. The minimum Gasteiger partial charge on any atom is -0.393 e. The van der Waals surface area contributed by atoms with E-state index in [0.717, 1.165) is 12.3 Å². The fourth-order valence-electron chi connectivity index (χ4n) is 3.76. The van der Waals surface area contributed by atoms with Gasteiger partial charge in [-0.2, -0.15) is 0 Å². The van der Waals surface area contributed by atoms with Crippen LogP contribution in [0, 0.1) is 11.8 Å². The predicted molar refractivity (Wildman–Crippen MR) is 68.4 cm³/mol. The Kier molecular flexibility index (Phi) is 5.15. The van der Waals surface area contributed by atoms with Gasteiger partial charge in [0.25, 0.3) is 0 Å². The molecule has 3 atom stereocenters. The molecule has 2 rings (SSSR count). The van der Waals surface area contributed by atoms with Gasteiger partial charge in [0.1, 0.15) is 0 Å². The molecule has 2 saturated carbocycles. The maximum atomic E-state index is 10.0. The summed E-state index contributed by atoms with van der Waals surface area (Å²) in [7, 11) is 0. The fraction of sp³-hybridized carbons (Fsp3) is 1.00. The summed E-state index contributed by atoms with van der Waals surface area (Å²) in [5.74, 6) is 1.51. The highest BCUT2D eigenvalue weighted by Gasteiger charge is 2.33. The van der Waals surface area contributed by atoms with Gasteiger partial charge in [-0.15, -0.1) is 0 Å². The lowest BCUT2D eigenvalue weighted by Crippen LogP contribution is -2.19. The summed E-state index contributed by atoms with van der Waals surface area (Å²) in [6.45, 7) is 0. The summed E-state index contributed by atoms with van der Waals surface area (Å²) >= 11 is 0. The Morgan fingerprint density at radius 1 is 0.562 bits per heavy atom. The number of fused-ring (bicyclic) bond motifs is 1. The smallest absolute Gasteiger partial charge is 0.0571 e. The van der Waals surface area contributed by atoms with Crippen molar-refractivity contribution in [1.29, 1.82) is 0 Å². The van der Waals surface area contributed by atoms with Crippen LogP contribution in [-0.4, -0.2) is 11.2 Å². The number of hydrogen-bond donors (Lipinski definition) is 1. The van der Waals surface area contributed by atoms with Gasteiger partial charge in [-0.05, 0) is 31.1 Å². The molecule has 0 aromatic heterocycles. The molecule has 0 spiro atoms. The number of rotatable bonds is 0. The summed E-state index contributed by atoms with van der Waals surface area (Å²) in [6.07, 6.45) is 16.5. The van der Waals surface area contributed by atoms with E-state index in [2.05, 4.69) is 0 Å². The van der Waals surface area contributed by atoms with E-state index in [9.17, 15) is 5.11 Å². The lowest BCUT2D eigenvalue weighted by Gasteiger charge is -2.22. The average Bonchev–Trinajstić information content (AvgIpc) is 2.60. The zero-order valence-corrected chi connectivity index (χ0v) is 10.7. The van der Waals surface area contributed by atoms with Crippen LogP contribution in [0.5, 0.6) is 0 Å². The summed E-state index contributed by atoms with van der Waals surface area (Å²) in [5.41, 5.74) is 0. The van der Waals surface area contributed by atoms with Gasteiger partial charge in [0.05, 0.1) is 6.10 Å². The third-order valence-corrected chi connectivity index (χ3v) is 4.80. The van der Waals surface area contributed by atoms with Crippen LogP contribution in [0.4, 0.5) is 0 Å². The van der Waals surface area contributed by atoms with Crippen LogP contribution in [0.3, 0.4) is 0 Å². The first-order valence-electron chi connectivity index (χ1n) is 7.56. The molecule has 1 heteroatoms. The van der Waals surface area contributed by atoms with Crippen LogP contribution < -0.4 is 0 Å². The second-order valence-electron chi connectivity index (χ2n) is 5.97. The minimum atomic E-state index is 0.0351. The molecule has 0 saturated heterocycles. The van der Waals surface area contributed by atoms with Gasteiger partial charge < -0.3 is 5.11 Å². The van der Waals surface area contributed by atoms with Crippen LogP contribution in [0.1, 0.15) is 77.0 Å². The van der Waals surface area contributed by atoms with Crippen molar-refractivity contribution in [1.82, 2.24) is 0 Å². The third-order valence-electron chi connectivity index (χ3n) is 4.80. The minimum absolute atomic E-state index is 0.0351. The number of aliphatic hydroxyl groups is 1. The van der Waals surface area contributed by atoms with Crippen molar-refractivity contribution in [3.63, 3.8) is 0 Å². The van der Waals surface area contributed by atoms with Crippen molar-refractivity contribution in [2.75, 3.05) is 0 Å². The molecule has 0 aromatic carbocycles. The predicted octanol–water partition coefficient (Wildman–Crippen LogP) is 4.29. The lowest BCUT2D eigenvalue weighted by atomic mass is 9.85. The summed E-state index contributed by atoms with van der Waals surface area (Å²) in [5, 5.41) is 10.0. The van der Waals surface area contributed by atoms with E-state index in [4.69, 9.17) is 0 Å². The van der Waals surface area contributed by atoms with Crippen LogP contribution in [-0.2, 0) is 0 Å². The lowest BCUT2D eigenvalue weighted by molar-refractivity contribution is 0.107. The van der Waals surface area contributed by atoms with Crippen molar-refractivity contribution >= 4 is 0 Å². The van der Waals surface area contributed by atoms with Crippen molar-refractivity contribution in [3.05, 3.63) is 0 Å². The Hall–Kier alpha value is -0.0400. The van der Waals surface area contributed by atoms with Crippen LogP contribution in [0.25, 0.3) is 0 Å². The van der Waals surface area contributed by atoms with Gasteiger partial charge in [0, 0.05) is 0 Å². The second-order valence-corrected chi connectivity index (χ2v) is 5.97. The molecule has 94 valence electrons. The number of hydrogen-bond acceptors (Lipinski definition) is 1. The van der Waals surface area contributed by atoms with E-state index in [1.54, 1.807) is 0 Å². The zero-order valence-electron chi connectivity index (χ0n) is 10.7. The Labute approximate surface area is 101 Å². The summed E-state index contributed by atoms with van der Waals surface area (Å²) in [4.78, 5) is 0. The standard InChI is InChI=1S/C15H28O/c16-15-12-11-13-9-7-5-3-1-2-4-6-8-10-14(13)15/h13-16H,1-12H2. The zero-order chi connectivity index (χ0) is 11.2. The Balaban J connectivity index is 1.83. The molecule has 0 amide bonds. The molecular formula is C15H28O. The van der Waals surface area contributed by atoms with E-state index < -0.39 is 0 Å². The molecule has 0 bridgehead atoms. The van der Waals surface area contributed by atoms with Gasteiger partial charge in [-0.25, -0.2) is 0 Å². The largest absolute Gasteiger partial charge is 0.393 e. The fourth-order valence-corrected chi connectivity index (χ4v) is 3.76. The van der Waals surface area contributed by atoms with Crippen molar-refractivity contribution in [3.8, 4) is 0 Å². The van der Waals surface area contributed by atoms with Gasteiger partial charge >= 0.3 is 0 Å². The first-order chi connectivity index (χ1) is 7.88. The normalized spacial score (nSPS) is 38.4. The van der Waals surface area contributed by atoms with E-state index in [0.29, 0.717) is 5.92 Å². The number of aliphatic hydroxyl groups excluding tert-OH is 1. The molecule has 0 radical (unpaired) electrons. The summed E-state index contributed by atoms with van der Waals surface area (Å²) < 4.78 is 0. The monoisotopic (exact) mass is 224 g/mol. The Bertz CT molecular complexity index is 190. The SMILES string of the molecule is OC1CCC2CCCCCCCCCCC12. The molecule has 0 heterocycles. The first-order valence-corrected chi connectivity index (χ1v) is 7.56. The van der Waals surface area contributed by atoms with Crippen molar-refractivity contribution in [2.24, 2.45) is 11.8 Å². The van der Waals surface area contributed by atoms with E-state index in [1.807, 2.05) is 0 Å². The molecular weight excluding hydrogens is 196 g/mol. The van der Waals surface area contributed by atoms with Crippen molar-refractivity contribution < 1.29 is 5.11 Å². The Morgan fingerprint density at radius 3 is 1.81 bits per heavy atom. The van der Waals surface area contributed by atoms with E-state index in [1.165, 1.54) is 70.6 Å². The molecule has 2 fully saturated rings. The maximum absolute atomic E-state index is 10.0. The highest BCUT2D eigenvalue weighted by Crippen LogP contribution is 2.39. The molecule has 3 unspecified atom stereocenters. The van der Waals surface area contributed by atoms with E-state index in [-0.39, 0.29) is 6.10 Å². The van der Waals surface area contributed by atoms with Crippen LogP contribution >= 0.6 is 0 Å². The molecule has 0 aliphatic heterocycles. The van der Waals surface area contributed by atoms with Crippen LogP contribution in [0.15, 0.2) is 0 Å². The molecule has 16 heavy (non-hydrogen) atoms. The van der Waals surface area contributed by atoms with Gasteiger partial charge in [-0.1, -0.05) is 57.8 Å². The third kappa shape index (κ3) is 3.48. The molecule has 2 aliphatic carbocycles. The van der Waals surface area contributed by atoms with E-state index >= 15 is 0 Å². The van der Waals surface area contributed by atoms with Gasteiger partial charge in [0.15, 0.2) is 0 Å². The van der Waals surface area contributed by atoms with Crippen molar-refractivity contribution in [2.45, 2.75) is 83.2 Å². The molecule has 2 aliphatic rings. The highest BCUT2D eigenvalue weighted by molar-refractivity contribution is 4.84. The highest BCUT2D eigenvalue weighted by atomic mass is 16.3.